The van der Waals surface area contributed by atoms with E-state index in [2.05, 4.69) is 0 Å². The number of hydrogen-bond acceptors (Lipinski definition) is 5. The zero-order valence-electron chi connectivity index (χ0n) is 10.5. The fourth-order valence-corrected chi connectivity index (χ4v) is 1.96. The van der Waals surface area contributed by atoms with E-state index in [1.165, 1.54) is 12.0 Å². The number of anilines is 1. The largest absolute Gasteiger partial charge is 0.465 e. The smallest absolute Gasteiger partial charge is 0.339 e. The number of rotatable bonds is 3. The van der Waals surface area contributed by atoms with Crippen molar-refractivity contribution < 1.29 is 24.2 Å². The van der Waals surface area contributed by atoms with E-state index in [4.69, 9.17) is 14.6 Å². The summed E-state index contributed by atoms with van der Waals surface area (Å²) in [5, 5.41) is 9.11. The summed E-state index contributed by atoms with van der Waals surface area (Å²) in [5.41, 5.74) is 0.790. The highest BCUT2D eigenvalue weighted by molar-refractivity contribution is 6.03. The van der Waals surface area contributed by atoms with Crippen LogP contribution in [0.25, 0.3) is 0 Å². The lowest BCUT2D eigenvalue weighted by Crippen LogP contribution is -2.48. The number of amides is 1. The fourth-order valence-electron chi connectivity index (χ4n) is 1.96. The van der Waals surface area contributed by atoms with Gasteiger partial charge in [-0.05, 0) is 12.1 Å². The maximum Gasteiger partial charge on any atom is 0.339 e. The molecular formula is C13H15NO5. The molecule has 0 aliphatic carbocycles. The zero-order chi connectivity index (χ0) is 13.8. The molecule has 1 aliphatic rings. The van der Waals surface area contributed by atoms with Crippen LogP contribution in [0.2, 0.25) is 0 Å². The van der Waals surface area contributed by atoms with Gasteiger partial charge in [-0.15, -0.1) is 0 Å². The number of para-hydroxylation sites is 1. The van der Waals surface area contributed by atoms with Crippen LogP contribution >= 0.6 is 0 Å². The van der Waals surface area contributed by atoms with Gasteiger partial charge < -0.3 is 19.5 Å². The Morgan fingerprint density at radius 1 is 1.53 bits per heavy atom. The van der Waals surface area contributed by atoms with Crippen molar-refractivity contribution >= 4 is 17.6 Å². The first kappa shape index (κ1) is 13.5. The van der Waals surface area contributed by atoms with Crippen LogP contribution in [0.3, 0.4) is 0 Å². The number of morpholine rings is 1. The molecule has 0 bridgehead atoms. The molecule has 1 saturated heterocycles. The number of carbonyl (C=O) groups excluding carboxylic acids is 2. The first-order valence-electron chi connectivity index (χ1n) is 5.87. The molecule has 1 heterocycles. The molecule has 6 heteroatoms. The predicted molar refractivity (Wildman–Crippen MR) is 67.0 cm³/mol. The summed E-state index contributed by atoms with van der Waals surface area (Å²) in [6.45, 7) is -0.0752. The van der Waals surface area contributed by atoms with Gasteiger partial charge in [-0.25, -0.2) is 4.79 Å². The van der Waals surface area contributed by atoms with Crippen LogP contribution in [-0.2, 0) is 14.3 Å². The van der Waals surface area contributed by atoms with Crippen LogP contribution in [-0.4, -0.2) is 50.0 Å². The van der Waals surface area contributed by atoms with Gasteiger partial charge in [0.1, 0.15) is 6.61 Å². The second-order valence-corrected chi connectivity index (χ2v) is 4.13. The second-order valence-electron chi connectivity index (χ2n) is 4.13. The summed E-state index contributed by atoms with van der Waals surface area (Å²) in [6, 6.07) is 6.70. The Hall–Kier alpha value is -1.92. The molecule has 1 unspecified atom stereocenters. The van der Waals surface area contributed by atoms with Crippen molar-refractivity contribution in [3.8, 4) is 0 Å². The zero-order valence-corrected chi connectivity index (χ0v) is 10.5. The van der Waals surface area contributed by atoms with E-state index in [1.807, 2.05) is 0 Å². The number of nitrogens with zero attached hydrogens (tertiary/aromatic N) is 1. The molecule has 1 N–H and O–H groups in total. The van der Waals surface area contributed by atoms with Gasteiger partial charge in [0.15, 0.2) is 0 Å². The molecular weight excluding hydrogens is 250 g/mol. The maximum absolute atomic E-state index is 11.9. The number of hydrogen-bond donors (Lipinski definition) is 1. The van der Waals surface area contributed by atoms with Gasteiger partial charge in [0.25, 0.3) is 5.91 Å². The van der Waals surface area contributed by atoms with Gasteiger partial charge >= 0.3 is 5.97 Å². The average molecular weight is 265 g/mol. The number of aliphatic hydroxyl groups is 1. The highest BCUT2D eigenvalue weighted by Crippen LogP contribution is 2.24. The minimum atomic E-state index is -0.504. The van der Waals surface area contributed by atoms with Crippen LogP contribution in [0.1, 0.15) is 10.4 Å². The van der Waals surface area contributed by atoms with E-state index in [9.17, 15) is 9.59 Å². The minimum absolute atomic E-state index is 0.110. The molecule has 2 rings (SSSR count). The molecule has 1 aliphatic heterocycles. The third-order valence-electron chi connectivity index (χ3n) is 2.93. The van der Waals surface area contributed by atoms with Gasteiger partial charge in [-0.3, -0.25) is 4.79 Å². The molecule has 102 valence electrons. The maximum atomic E-state index is 11.9. The third kappa shape index (κ3) is 2.74. The number of ether oxygens (including phenoxy) is 2. The Kier molecular flexibility index (Phi) is 4.13. The van der Waals surface area contributed by atoms with Gasteiger partial charge in [0.2, 0.25) is 0 Å². The molecule has 0 radical (unpaired) electrons. The quantitative estimate of drug-likeness (QED) is 0.790. The lowest BCUT2D eigenvalue weighted by Gasteiger charge is -2.32. The topological polar surface area (TPSA) is 76.1 Å². The number of methoxy groups -OCH3 is 1. The van der Waals surface area contributed by atoms with Gasteiger partial charge in [0, 0.05) is 0 Å². The van der Waals surface area contributed by atoms with E-state index in [0.29, 0.717) is 11.3 Å². The SMILES string of the molecule is COC(=O)c1ccccc1N1CC(CO)OCC1=O. The monoisotopic (exact) mass is 265 g/mol. The summed E-state index contributed by atoms with van der Waals surface area (Å²) >= 11 is 0. The minimum Gasteiger partial charge on any atom is -0.465 e. The molecule has 1 fully saturated rings. The molecule has 6 nitrogen and oxygen atoms in total. The first-order chi connectivity index (χ1) is 9.17. The summed E-state index contributed by atoms with van der Waals surface area (Å²) < 4.78 is 9.86. The van der Waals surface area contributed by atoms with E-state index in [0.717, 1.165) is 0 Å². The molecule has 1 amide bonds. The normalized spacial score (nSPS) is 19.4. The van der Waals surface area contributed by atoms with Gasteiger partial charge in [-0.1, -0.05) is 12.1 Å². The van der Waals surface area contributed by atoms with Gasteiger partial charge in [0.05, 0.1) is 37.6 Å². The summed E-state index contributed by atoms with van der Waals surface area (Å²) in [7, 11) is 1.29. The predicted octanol–water partition coefficient (Wildman–Crippen LogP) is 0.197. The van der Waals surface area contributed by atoms with Crippen molar-refractivity contribution in [1.82, 2.24) is 0 Å². The summed E-state index contributed by atoms with van der Waals surface area (Å²) in [5.74, 6) is -0.753. The lowest BCUT2D eigenvalue weighted by atomic mass is 10.1. The van der Waals surface area contributed by atoms with Crippen molar-refractivity contribution in [1.29, 1.82) is 0 Å². The highest BCUT2D eigenvalue weighted by Gasteiger charge is 2.29. The summed E-state index contributed by atoms with van der Waals surface area (Å²) in [4.78, 5) is 25.0. The van der Waals surface area contributed by atoms with E-state index in [-0.39, 0.29) is 25.7 Å². The van der Waals surface area contributed by atoms with Crippen LogP contribution in [0.5, 0.6) is 0 Å². The molecule has 0 saturated carbocycles. The standard InChI is InChI=1S/C13H15NO5/c1-18-13(17)10-4-2-3-5-11(10)14-6-9(7-15)19-8-12(14)16/h2-5,9,15H,6-8H2,1H3. The van der Waals surface area contributed by atoms with Crippen molar-refractivity contribution in [3.05, 3.63) is 29.8 Å². The van der Waals surface area contributed by atoms with Crippen molar-refractivity contribution in [2.75, 3.05) is 31.8 Å². The van der Waals surface area contributed by atoms with Crippen LogP contribution in [0, 0.1) is 0 Å². The Labute approximate surface area is 110 Å². The molecule has 19 heavy (non-hydrogen) atoms. The second kappa shape index (κ2) is 5.81. The number of aliphatic hydroxyl groups excluding tert-OH is 1. The Balaban J connectivity index is 2.34. The highest BCUT2D eigenvalue weighted by atomic mass is 16.5. The van der Waals surface area contributed by atoms with Crippen LogP contribution in [0.4, 0.5) is 5.69 Å². The van der Waals surface area contributed by atoms with E-state index < -0.39 is 12.1 Å². The van der Waals surface area contributed by atoms with Crippen molar-refractivity contribution in [3.63, 3.8) is 0 Å². The molecule has 1 atom stereocenters. The number of carbonyl (C=O) groups is 2. The average Bonchev–Trinajstić information content (AvgIpc) is 2.47. The van der Waals surface area contributed by atoms with Crippen molar-refractivity contribution in [2.45, 2.75) is 6.10 Å². The van der Waals surface area contributed by atoms with E-state index >= 15 is 0 Å². The number of benzene rings is 1. The van der Waals surface area contributed by atoms with E-state index in [1.54, 1.807) is 24.3 Å². The van der Waals surface area contributed by atoms with Gasteiger partial charge in [-0.2, -0.15) is 0 Å². The number of esters is 1. The lowest BCUT2D eigenvalue weighted by molar-refractivity contribution is -0.130. The summed E-state index contributed by atoms with van der Waals surface area (Å²) in [6.07, 6.45) is -0.441. The van der Waals surface area contributed by atoms with Crippen LogP contribution < -0.4 is 4.90 Å². The Morgan fingerprint density at radius 3 is 2.95 bits per heavy atom. The Bertz CT molecular complexity index is 488. The first-order valence-corrected chi connectivity index (χ1v) is 5.87. The van der Waals surface area contributed by atoms with Crippen molar-refractivity contribution in [2.24, 2.45) is 0 Å². The molecule has 0 aromatic heterocycles. The molecule has 1 aromatic carbocycles. The molecule has 0 spiro atoms. The fraction of sp³-hybridized carbons (Fsp3) is 0.385. The third-order valence-corrected chi connectivity index (χ3v) is 2.93. The molecule has 1 aromatic rings. The Morgan fingerprint density at radius 2 is 2.26 bits per heavy atom. The van der Waals surface area contributed by atoms with Crippen LogP contribution in [0.15, 0.2) is 24.3 Å².